The van der Waals surface area contributed by atoms with Gasteiger partial charge in [-0.3, -0.25) is 9.69 Å². The first-order valence-electron chi connectivity index (χ1n) is 11.1. The Hall–Kier alpha value is -1.29. The normalized spacial score (nSPS) is 21.9. The van der Waals surface area contributed by atoms with E-state index in [1.807, 2.05) is 13.8 Å². The number of hydrogen-bond acceptors (Lipinski definition) is 4. The third-order valence-corrected chi connectivity index (χ3v) is 9.01. The Morgan fingerprint density at radius 3 is 2.31 bits per heavy atom. The second-order valence-corrected chi connectivity index (χ2v) is 11.4. The number of nitrogens with zero attached hydrogens (tertiary/aromatic N) is 2. The number of amides is 1. The number of benzene rings is 1. The minimum atomic E-state index is -3.29. The van der Waals surface area contributed by atoms with E-state index in [2.05, 4.69) is 10.2 Å². The topological polar surface area (TPSA) is 69.7 Å². The lowest BCUT2D eigenvalue weighted by Crippen LogP contribution is -2.63. The van der Waals surface area contributed by atoms with Crippen molar-refractivity contribution in [2.24, 2.45) is 0 Å². The smallest absolute Gasteiger partial charge is 0.252 e. The molecule has 0 aromatic heterocycles. The monoisotopic (exact) mass is 491 g/mol. The second kappa shape index (κ2) is 9.91. The van der Waals surface area contributed by atoms with Gasteiger partial charge in [0.05, 0.1) is 16.3 Å². The molecule has 1 aliphatic carbocycles. The molecule has 3 rings (SSSR count). The summed E-state index contributed by atoms with van der Waals surface area (Å²) in [5, 5.41) is 3.26. The van der Waals surface area contributed by atoms with Gasteiger partial charge in [-0.1, -0.05) is 24.6 Å². The lowest BCUT2D eigenvalue weighted by atomic mass is 9.78. The molecular weight excluding hydrogens is 460 g/mol. The molecule has 32 heavy (non-hydrogen) atoms. The molecular formula is C22H32ClF2N3O3S. The first-order valence-corrected chi connectivity index (χ1v) is 13.1. The van der Waals surface area contributed by atoms with Crippen molar-refractivity contribution in [3.63, 3.8) is 0 Å². The molecule has 180 valence electrons. The third kappa shape index (κ3) is 5.79. The Labute approximate surface area is 194 Å². The minimum Gasteiger partial charge on any atom is -0.350 e. The summed E-state index contributed by atoms with van der Waals surface area (Å²) in [4.78, 5) is 14.9. The number of sulfonamides is 1. The number of hydrogen-bond donors (Lipinski definition) is 1. The summed E-state index contributed by atoms with van der Waals surface area (Å²) >= 11 is 6.22. The van der Waals surface area contributed by atoms with Gasteiger partial charge in [0.15, 0.2) is 0 Å². The quantitative estimate of drug-likeness (QED) is 0.631. The van der Waals surface area contributed by atoms with Crippen LogP contribution in [0.25, 0.3) is 0 Å². The van der Waals surface area contributed by atoms with Crippen molar-refractivity contribution >= 4 is 27.5 Å². The van der Waals surface area contributed by atoms with Crippen LogP contribution in [0.1, 0.15) is 54.9 Å². The van der Waals surface area contributed by atoms with Crippen LogP contribution in [-0.4, -0.2) is 73.5 Å². The van der Waals surface area contributed by atoms with E-state index in [0.717, 1.165) is 5.56 Å². The van der Waals surface area contributed by atoms with Crippen molar-refractivity contribution in [2.45, 2.75) is 57.4 Å². The van der Waals surface area contributed by atoms with Crippen LogP contribution in [0.2, 0.25) is 5.02 Å². The summed E-state index contributed by atoms with van der Waals surface area (Å²) < 4.78 is 54.2. The average molecular weight is 492 g/mol. The number of carbonyl (C=O) groups is 1. The second-order valence-electron chi connectivity index (χ2n) is 8.95. The molecule has 1 aliphatic heterocycles. The largest absolute Gasteiger partial charge is 0.350 e. The molecule has 1 N–H and O–H groups in total. The number of halogens is 3. The summed E-state index contributed by atoms with van der Waals surface area (Å²) in [6.07, 6.45) is 0.535. The Morgan fingerprint density at radius 1 is 1.12 bits per heavy atom. The SMILES string of the molecule is CCCS(=O)(=O)N1CCN(C2(CNC(=O)c3ccc(C)cc3Cl)CCC(F)(F)CC2)CC1. The molecule has 0 spiro atoms. The van der Waals surface area contributed by atoms with Crippen LogP contribution in [0, 0.1) is 6.92 Å². The van der Waals surface area contributed by atoms with Gasteiger partial charge in [0, 0.05) is 51.1 Å². The van der Waals surface area contributed by atoms with E-state index in [0.29, 0.717) is 43.2 Å². The fourth-order valence-corrected chi connectivity index (χ4v) is 6.47. The first-order chi connectivity index (χ1) is 15.0. The average Bonchev–Trinajstić information content (AvgIpc) is 2.73. The summed E-state index contributed by atoms with van der Waals surface area (Å²) in [7, 11) is -3.29. The van der Waals surface area contributed by atoms with Crippen molar-refractivity contribution < 1.29 is 22.0 Å². The predicted octanol–water partition coefficient (Wildman–Crippen LogP) is 3.68. The molecule has 1 saturated carbocycles. The zero-order chi connectivity index (χ0) is 23.6. The van der Waals surface area contributed by atoms with Gasteiger partial charge in [-0.2, -0.15) is 4.31 Å². The number of alkyl halides is 2. The van der Waals surface area contributed by atoms with E-state index < -0.39 is 21.5 Å². The van der Waals surface area contributed by atoms with Gasteiger partial charge in [-0.05, 0) is 43.9 Å². The molecule has 1 amide bonds. The Bertz CT molecular complexity index is 924. The molecule has 0 atom stereocenters. The van der Waals surface area contributed by atoms with E-state index in [9.17, 15) is 22.0 Å². The molecule has 2 fully saturated rings. The molecule has 1 aromatic carbocycles. The Kier molecular flexibility index (Phi) is 7.85. The van der Waals surface area contributed by atoms with Gasteiger partial charge >= 0.3 is 0 Å². The number of aryl methyl sites for hydroxylation is 1. The zero-order valence-electron chi connectivity index (χ0n) is 18.7. The summed E-state index contributed by atoms with van der Waals surface area (Å²) in [5.74, 6) is -2.94. The molecule has 0 unspecified atom stereocenters. The number of rotatable bonds is 7. The van der Waals surface area contributed by atoms with Crippen LogP contribution in [-0.2, 0) is 10.0 Å². The number of nitrogens with one attached hydrogen (secondary N) is 1. The van der Waals surface area contributed by atoms with E-state index in [4.69, 9.17) is 11.6 Å². The van der Waals surface area contributed by atoms with Crippen LogP contribution in [0.15, 0.2) is 18.2 Å². The lowest BCUT2D eigenvalue weighted by molar-refractivity contribution is -0.0856. The highest BCUT2D eigenvalue weighted by Crippen LogP contribution is 2.42. The van der Waals surface area contributed by atoms with Crippen LogP contribution < -0.4 is 5.32 Å². The fourth-order valence-electron chi connectivity index (χ4n) is 4.66. The fraction of sp³-hybridized carbons (Fsp3) is 0.682. The van der Waals surface area contributed by atoms with Gasteiger partial charge < -0.3 is 5.32 Å². The molecule has 1 aromatic rings. The van der Waals surface area contributed by atoms with Crippen LogP contribution >= 0.6 is 11.6 Å². The maximum Gasteiger partial charge on any atom is 0.252 e. The summed E-state index contributed by atoms with van der Waals surface area (Å²) in [6.45, 7) is 5.49. The molecule has 0 bridgehead atoms. The molecule has 2 aliphatic rings. The lowest BCUT2D eigenvalue weighted by Gasteiger charge is -2.50. The molecule has 1 heterocycles. The van der Waals surface area contributed by atoms with Gasteiger partial charge in [-0.25, -0.2) is 17.2 Å². The standard InChI is InChI=1S/C22H32ClF2N3O3S/c1-3-14-32(30,31)28-12-10-27(11-13-28)21(6-8-22(24,25)9-7-21)16-26-20(29)18-5-4-17(2)15-19(18)23/h4-5,15H,3,6-14,16H2,1-2H3,(H,26,29). The number of carbonyl (C=O) groups excluding carboxylic acids is 1. The minimum absolute atomic E-state index is 0.109. The van der Waals surface area contributed by atoms with Crippen LogP contribution in [0.4, 0.5) is 8.78 Å². The highest BCUT2D eigenvalue weighted by atomic mass is 35.5. The molecule has 10 heteroatoms. The number of piperazine rings is 1. The van der Waals surface area contributed by atoms with E-state index in [1.54, 1.807) is 18.2 Å². The zero-order valence-corrected chi connectivity index (χ0v) is 20.2. The Balaban J connectivity index is 1.72. The summed E-state index contributed by atoms with van der Waals surface area (Å²) in [6, 6.07) is 5.17. The van der Waals surface area contributed by atoms with Crippen LogP contribution in [0.5, 0.6) is 0 Å². The van der Waals surface area contributed by atoms with Gasteiger partial charge in [0.25, 0.3) is 5.91 Å². The van der Waals surface area contributed by atoms with Crippen molar-refractivity contribution in [2.75, 3.05) is 38.5 Å². The van der Waals surface area contributed by atoms with E-state index in [-0.39, 0.29) is 43.9 Å². The molecule has 0 radical (unpaired) electrons. The van der Waals surface area contributed by atoms with E-state index in [1.165, 1.54) is 4.31 Å². The van der Waals surface area contributed by atoms with Crippen molar-refractivity contribution in [3.05, 3.63) is 34.3 Å². The van der Waals surface area contributed by atoms with Crippen molar-refractivity contribution in [1.82, 2.24) is 14.5 Å². The maximum absolute atomic E-state index is 14.0. The third-order valence-electron chi connectivity index (χ3n) is 6.62. The molecule has 6 nitrogen and oxygen atoms in total. The summed E-state index contributed by atoms with van der Waals surface area (Å²) in [5.41, 5.74) is 0.659. The van der Waals surface area contributed by atoms with Crippen molar-refractivity contribution in [3.8, 4) is 0 Å². The first kappa shape index (κ1) is 25.3. The predicted molar refractivity (Wildman–Crippen MR) is 122 cm³/mol. The molecule has 1 saturated heterocycles. The van der Waals surface area contributed by atoms with Gasteiger partial charge in [-0.15, -0.1) is 0 Å². The van der Waals surface area contributed by atoms with Crippen molar-refractivity contribution in [1.29, 1.82) is 0 Å². The maximum atomic E-state index is 14.0. The highest BCUT2D eigenvalue weighted by molar-refractivity contribution is 7.89. The Morgan fingerprint density at radius 2 is 1.75 bits per heavy atom. The van der Waals surface area contributed by atoms with E-state index >= 15 is 0 Å². The van der Waals surface area contributed by atoms with Gasteiger partial charge in [0.1, 0.15) is 0 Å². The highest BCUT2D eigenvalue weighted by Gasteiger charge is 2.47. The van der Waals surface area contributed by atoms with Gasteiger partial charge in [0.2, 0.25) is 15.9 Å². The van der Waals surface area contributed by atoms with Crippen LogP contribution in [0.3, 0.4) is 0 Å².